The zero-order chi connectivity index (χ0) is 9.84. The average Bonchev–Trinajstić information content (AvgIpc) is 2.02. The van der Waals surface area contributed by atoms with Gasteiger partial charge in [0, 0.05) is 6.42 Å². The highest BCUT2D eigenvalue weighted by molar-refractivity contribution is 5.25. The number of nitrogens with two attached hydrogens (primary N) is 2. The highest BCUT2D eigenvalue weighted by Crippen LogP contribution is 2.08. The molecule has 13 heavy (non-hydrogen) atoms. The van der Waals surface area contributed by atoms with E-state index in [1.54, 1.807) is 0 Å². The SMILES string of the molecule is CCC(C)Cc1nc(N)nc(N)n1. The summed E-state index contributed by atoms with van der Waals surface area (Å²) < 4.78 is 0. The van der Waals surface area contributed by atoms with Gasteiger partial charge in [-0.2, -0.15) is 15.0 Å². The molecule has 1 aromatic heterocycles. The van der Waals surface area contributed by atoms with Gasteiger partial charge in [0.25, 0.3) is 0 Å². The second-order valence-electron chi connectivity index (χ2n) is 3.19. The van der Waals surface area contributed by atoms with Crippen molar-refractivity contribution in [2.75, 3.05) is 11.5 Å². The Labute approximate surface area is 77.6 Å². The fourth-order valence-electron chi connectivity index (χ4n) is 1.00. The minimum Gasteiger partial charge on any atom is -0.368 e. The molecule has 1 heterocycles. The van der Waals surface area contributed by atoms with Gasteiger partial charge in [-0.05, 0) is 5.92 Å². The summed E-state index contributed by atoms with van der Waals surface area (Å²) in [6, 6.07) is 0. The Kier molecular flexibility index (Phi) is 3.00. The third kappa shape index (κ3) is 2.85. The van der Waals surface area contributed by atoms with Crippen molar-refractivity contribution in [1.82, 2.24) is 15.0 Å². The summed E-state index contributed by atoms with van der Waals surface area (Å²) in [5.41, 5.74) is 10.9. The monoisotopic (exact) mass is 181 g/mol. The van der Waals surface area contributed by atoms with Gasteiger partial charge in [0.2, 0.25) is 11.9 Å². The van der Waals surface area contributed by atoms with Gasteiger partial charge in [-0.15, -0.1) is 0 Å². The van der Waals surface area contributed by atoms with Crippen LogP contribution in [0.5, 0.6) is 0 Å². The molecule has 5 nitrogen and oxygen atoms in total. The summed E-state index contributed by atoms with van der Waals surface area (Å²) >= 11 is 0. The number of nitrogens with zero attached hydrogens (tertiary/aromatic N) is 3. The van der Waals surface area contributed by atoms with Crippen LogP contribution in [0.2, 0.25) is 0 Å². The Morgan fingerprint density at radius 3 is 2.15 bits per heavy atom. The first-order valence-corrected chi connectivity index (χ1v) is 4.37. The van der Waals surface area contributed by atoms with Crippen molar-refractivity contribution in [1.29, 1.82) is 0 Å². The molecule has 0 bridgehead atoms. The lowest BCUT2D eigenvalue weighted by molar-refractivity contribution is 0.543. The van der Waals surface area contributed by atoms with Crippen LogP contribution < -0.4 is 11.5 Å². The molecule has 0 saturated carbocycles. The molecule has 5 heteroatoms. The highest BCUT2D eigenvalue weighted by atomic mass is 15.1. The van der Waals surface area contributed by atoms with Crippen molar-refractivity contribution >= 4 is 11.9 Å². The fourth-order valence-corrected chi connectivity index (χ4v) is 1.00. The third-order valence-corrected chi connectivity index (χ3v) is 1.94. The summed E-state index contributed by atoms with van der Waals surface area (Å²) in [5, 5.41) is 0. The lowest BCUT2D eigenvalue weighted by atomic mass is 10.1. The van der Waals surface area contributed by atoms with Crippen LogP contribution in [0, 0.1) is 5.92 Å². The molecule has 0 aromatic carbocycles. The van der Waals surface area contributed by atoms with Gasteiger partial charge in [0.1, 0.15) is 5.82 Å². The van der Waals surface area contributed by atoms with Gasteiger partial charge < -0.3 is 11.5 Å². The van der Waals surface area contributed by atoms with E-state index in [0.717, 1.165) is 12.8 Å². The molecule has 1 atom stereocenters. The zero-order valence-corrected chi connectivity index (χ0v) is 7.99. The maximum absolute atomic E-state index is 5.43. The normalized spacial score (nSPS) is 12.8. The second-order valence-corrected chi connectivity index (χ2v) is 3.19. The smallest absolute Gasteiger partial charge is 0.225 e. The van der Waals surface area contributed by atoms with Gasteiger partial charge in [0.15, 0.2) is 0 Å². The van der Waals surface area contributed by atoms with Crippen LogP contribution in [0.15, 0.2) is 0 Å². The third-order valence-electron chi connectivity index (χ3n) is 1.94. The van der Waals surface area contributed by atoms with Crippen LogP contribution in [0.25, 0.3) is 0 Å². The molecule has 72 valence electrons. The first-order valence-electron chi connectivity index (χ1n) is 4.37. The van der Waals surface area contributed by atoms with Gasteiger partial charge in [-0.3, -0.25) is 0 Å². The number of anilines is 2. The van der Waals surface area contributed by atoms with E-state index < -0.39 is 0 Å². The molecular formula is C8H15N5. The van der Waals surface area contributed by atoms with Crippen molar-refractivity contribution in [3.8, 4) is 0 Å². The molecule has 0 fully saturated rings. The minimum atomic E-state index is 0.200. The van der Waals surface area contributed by atoms with Crippen LogP contribution >= 0.6 is 0 Å². The van der Waals surface area contributed by atoms with E-state index in [0.29, 0.717) is 11.7 Å². The lowest BCUT2D eigenvalue weighted by Gasteiger charge is -2.06. The van der Waals surface area contributed by atoms with E-state index in [1.807, 2.05) is 0 Å². The number of rotatable bonds is 3. The average molecular weight is 181 g/mol. The summed E-state index contributed by atoms with van der Waals surface area (Å²) in [6.07, 6.45) is 1.89. The number of nitrogen functional groups attached to an aromatic ring is 2. The number of aromatic nitrogens is 3. The van der Waals surface area contributed by atoms with E-state index in [9.17, 15) is 0 Å². The Morgan fingerprint density at radius 2 is 1.69 bits per heavy atom. The number of hydrogen-bond acceptors (Lipinski definition) is 5. The summed E-state index contributed by atoms with van der Waals surface area (Å²) in [7, 11) is 0. The lowest BCUT2D eigenvalue weighted by Crippen LogP contribution is -2.09. The van der Waals surface area contributed by atoms with Crippen LogP contribution in [-0.4, -0.2) is 15.0 Å². The standard InChI is InChI=1S/C8H15N5/c1-3-5(2)4-6-11-7(9)13-8(10)12-6/h5H,3-4H2,1-2H3,(H4,9,10,11,12,13). The Hall–Kier alpha value is -1.39. The van der Waals surface area contributed by atoms with E-state index in [2.05, 4.69) is 28.8 Å². The van der Waals surface area contributed by atoms with Crippen LogP contribution in [0.3, 0.4) is 0 Å². The Morgan fingerprint density at radius 1 is 1.15 bits per heavy atom. The fraction of sp³-hybridized carbons (Fsp3) is 0.625. The molecule has 1 aromatic rings. The van der Waals surface area contributed by atoms with E-state index in [4.69, 9.17) is 11.5 Å². The Balaban J connectivity index is 2.77. The minimum absolute atomic E-state index is 0.200. The Bertz CT molecular complexity index is 266. The maximum atomic E-state index is 5.43. The second kappa shape index (κ2) is 4.02. The quantitative estimate of drug-likeness (QED) is 0.713. The molecule has 4 N–H and O–H groups in total. The first-order chi connectivity index (χ1) is 6.11. The van der Waals surface area contributed by atoms with Crippen molar-refractivity contribution in [2.24, 2.45) is 5.92 Å². The predicted octanol–water partition coefficient (Wildman–Crippen LogP) is 0.625. The topological polar surface area (TPSA) is 90.7 Å². The van der Waals surface area contributed by atoms with E-state index >= 15 is 0 Å². The van der Waals surface area contributed by atoms with Crippen molar-refractivity contribution in [2.45, 2.75) is 26.7 Å². The van der Waals surface area contributed by atoms with Crippen LogP contribution in [0.4, 0.5) is 11.9 Å². The summed E-state index contributed by atoms with van der Waals surface area (Å²) in [5.74, 6) is 1.62. The van der Waals surface area contributed by atoms with Gasteiger partial charge in [-0.25, -0.2) is 0 Å². The van der Waals surface area contributed by atoms with Gasteiger partial charge in [0.05, 0.1) is 0 Å². The molecule has 1 unspecified atom stereocenters. The maximum Gasteiger partial charge on any atom is 0.225 e. The molecule has 0 aliphatic rings. The van der Waals surface area contributed by atoms with E-state index in [-0.39, 0.29) is 11.9 Å². The largest absolute Gasteiger partial charge is 0.368 e. The van der Waals surface area contributed by atoms with E-state index in [1.165, 1.54) is 0 Å². The molecular weight excluding hydrogens is 166 g/mol. The van der Waals surface area contributed by atoms with Gasteiger partial charge >= 0.3 is 0 Å². The van der Waals surface area contributed by atoms with Crippen molar-refractivity contribution < 1.29 is 0 Å². The molecule has 0 aliphatic carbocycles. The molecule has 0 spiro atoms. The predicted molar refractivity (Wildman–Crippen MR) is 51.8 cm³/mol. The van der Waals surface area contributed by atoms with Crippen molar-refractivity contribution in [3.05, 3.63) is 5.82 Å². The first kappa shape index (κ1) is 9.70. The zero-order valence-electron chi connectivity index (χ0n) is 7.99. The molecule has 0 radical (unpaired) electrons. The van der Waals surface area contributed by atoms with Crippen molar-refractivity contribution in [3.63, 3.8) is 0 Å². The molecule has 1 rings (SSSR count). The van der Waals surface area contributed by atoms with Crippen LogP contribution in [-0.2, 0) is 6.42 Å². The number of hydrogen-bond donors (Lipinski definition) is 2. The highest BCUT2D eigenvalue weighted by Gasteiger charge is 2.05. The molecule has 0 amide bonds. The van der Waals surface area contributed by atoms with Crippen LogP contribution in [0.1, 0.15) is 26.1 Å². The summed E-state index contributed by atoms with van der Waals surface area (Å²) in [6.45, 7) is 4.26. The molecule has 0 aliphatic heterocycles. The summed E-state index contributed by atoms with van der Waals surface area (Å²) in [4.78, 5) is 11.7. The molecule has 0 saturated heterocycles. The van der Waals surface area contributed by atoms with Gasteiger partial charge in [-0.1, -0.05) is 20.3 Å².